The molecule has 0 N–H and O–H groups in total. The van der Waals surface area contributed by atoms with Crippen LogP contribution in [0.15, 0.2) is 0 Å². The minimum atomic E-state index is -0.765. The van der Waals surface area contributed by atoms with Crippen LogP contribution < -0.4 is 0 Å². The maximum Gasteiger partial charge on any atom is 0.306 e. The second-order valence-corrected chi connectivity index (χ2v) is 25.5. The first-order valence-electron chi connectivity index (χ1n) is 35.2. The monoisotopic (exact) mass is 1090 g/mol. The molecule has 6 heteroatoms. The molecule has 0 aliphatic carbocycles. The third-order valence-corrected chi connectivity index (χ3v) is 17.1. The summed E-state index contributed by atoms with van der Waals surface area (Å²) in [5.41, 5.74) is 0. The van der Waals surface area contributed by atoms with Gasteiger partial charge in [-0.05, 0) is 37.0 Å². The van der Waals surface area contributed by atoms with Gasteiger partial charge in [-0.25, -0.2) is 0 Å². The van der Waals surface area contributed by atoms with Crippen molar-refractivity contribution in [3.8, 4) is 0 Å². The van der Waals surface area contributed by atoms with E-state index in [0.29, 0.717) is 19.3 Å². The molecule has 6 nitrogen and oxygen atoms in total. The molecule has 458 valence electrons. The van der Waals surface area contributed by atoms with Crippen molar-refractivity contribution in [1.82, 2.24) is 0 Å². The van der Waals surface area contributed by atoms with Gasteiger partial charge in [0.05, 0.1) is 0 Å². The first-order chi connectivity index (χ1) is 37.7. The largest absolute Gasteiger partial charge is 0.462 e. The summed E-state index contributed by atoms with van der Waals surface area (Å²) in [6.45, 7) is 13.9. The molecule has 0 fully saturated rings. The van der Waals surface area contributed by atoms with Crippen LogP contribution in [0.5, 0.6) is 0 Å². The van der Waals surface area contributed by atoms with Crippen LogP contribution in [0, 0.1) is 17.8 Å². The zero-order chi connectivity index (χ0) is 56.2. The van der Waals surface area contributed by atoms with Crippen molar-refractivity contribution in [2.45, 2.75) is 407 Å². The summed E-state index contributed by atoms with van der Waals surface area (Å²) in [5, 5.41) is 0. The average molecular weight is 1090 g/mol. The Hall–Kier alpha value is -1.59. The highest BCUT2D eigenvalue weighted by Crippen LogP contribution is 2.20. The highest BCUT2D eigenvalue weighted by Gasteiger charge is 2.20. The van der Waals surface area contributed by atoms with Crippen LogP contribution in [0.1, 0.15) is 401 Å². The van der Waals surface area contributed by atoms with Gasteiger partial charge in [-0.3, -0.25) is 14.4 Å². The van der Waals surface area contributed by atoms with Crippen LogP contribution in [-0.2, 0) is 28.6 Å². The smallest absolute Gasteiger partial charge is 0.306 e. The van der Waals surface area contributed by atoms with Crippen LogP contribution in [0.3, 0.4) is 0 Å². The van der Waals surface area contributed by atoms with Crippen molar-refractivity contribution < 1.29 is 28.6 Å². The SMILES string of the molecule is CCC(C)CCCCCCCCCCCCCCCCCCCCC(=O)O[C@H](COC(=O)CCCCCCCCCCCCCCCCCCC(C)C)COC(=O)CCCCCCCCCCCCCCCCC(C)CC. The third-order valence-electron chi connectivity index (χ3n) is 17.1. The number of esters is 3. The molecule has 77 heavy (non-hydrogen) atoms. The van der Waals surface area contributed by atoms with Gasteiger partial charge in [-0.2, -0.15) is 0 Å². The molecule has 0 amide bonds. The van der Waals surface area contributed by atoms with E-state index in [2.05, 4.69) is 41.5 Å². The molecule has 0 aromatic heterocycles. The van der Waals surface area contributed by atoms with Crippen LogP contribution in [0.2, 0.25) is 0 Å². The molecule has 0 radical (unpaired) electrons. The fraction of sp³-hybridized carbons (Fsp3) is 0.958. The molecule has 0 saturated heterocycles. The predicted octanol–water partition coefficient (Wildman–Crippen LogP) is 23.8. The number of rotatable bonds is 64. The van der Waals surface area contributed by atoms with E-state index in [-0.39, 0.29) is 31.1 Å². The van der Waals surface area contributed by atoms with Crippen molar-refractivity contribution in [2.75, 3.05) is 13.2 Å². The molecular weight excluding hydrogens is 949 g/mol. The highest BCUT2D eigenvalue weighted by molar-refractivity contribution is 5.71. The van der Waals surface area contributed by atoms with Crippen molar-refractivity contribution in [2.24, 2.45) is 17.8 Å². The molecule has 0 bridgehead atoms. The van der Waals surface area contributed by atoms with E-state index in [4.69, 9.17) is 14.2 Å². The van der Waals surface area contributed by atoms with Crippen molar-refractivity contribution in [3.05, 3.63) is 0 Å². The molecule has 0 aromatic carbocycles. The van der Waals surface area contributed by atoms with Crippen molar-refractivity contribution in [1.29, 1.82) is 0 Å². The van der Waals surface area contributed by atoms with E-state index in [0.717, 1.165) is 75.5 Å². The van der Waals surface area contributed by atoms with E-state index in [1.165, 1.54) is 283 Å². The number of unbranched alkanes of at least 4 members (excludes halogenated alkanes) is 45. The molecule has 2 unspecified atom stereocenters. The van der Waals surface area contributed by atoms with Crippen molar-refractivity contribution in [3.63, 3.8) is 0 Å². The quantitative estimate of drug-likeness (QED) is 0.0343. The molecule has 0 rings (SSSR count). The van der Waals surface area contributed by atoms with Crippen LogP contribution in [0.25, 0.3) is 0 Å². The van der Waals surface area contributed by atoms with Crippen LogP contribution >= 0.6 is 0 Å². The summed E-state index contributed by atoms with van der Waals surface area (Å²) in [5.74, 6) is 1.83. The fourth-order valence-electron chi connectivity index (χ4n) is 11.1. The van der Waals surface area contributed by atoms with Gasteiger partial charge in [0.15, 0.2) is 6.10 Å². The topological polar surface area (TPSA) is 78.9 Å². The maximum atomic E-state index is 13.0. The number of hydrogen-bond donors (Lipinski definition) is 0. The van der Waals surface area contributed by atoms with Crippen LogP contribution in [0.4, 0.5) is 0 Å². The summed E-state index contributed by atoms with van der Waals surface area (Å²) < 4.78 is 17.0. The summed E-state index contributed by atoms with van der Waals surface area (Å²) >= 11 is 0. The lowest BCUT2D eigenvalue weighted by molar-refractivity contribution is -0.167. The Morgan fingerprint density at radius 2 is 0.455 bits per heavy atom. The van der Waals surface area contributed by atoms with E-state index in [1.54, 1.807) is 0 Å². The molecule has 0 heterocycles. The lowest BCUT2D eigenvalue weighted by Gasteiger charge is -2.18. The molecule has 0 aliphatic heterocycles. The van der Waals surface area contributed by atoms with Gasteiger partial charge >= 0.3 is 17.9 Å². The Morgan fingerprint density at radius 1 is 0.260 bits per heavy atom. The second kappa shape index (κ2) is 62.0. The molecule has 0 aromatic rings. The lowest BCUT2D eigenvalue weighted by Crippen LogP contribution is -2.30. The Balaban J connectivity index is 4.29. The highest BCUT2D eigenvalue weighted by atomic mass is 16.6. The number of ether oxygens (including phenoxy) is 3. The van der Waals surface area contributed by atoms with Crippen LogP contribution in [-0.4, -0.2) is 37.2 Å². The molecule has 0 aliphatic rings. The molecular formula is C71H138O6. The zero-order valence-electron chi connectivity index (χ0n) is 53.3. The minimum absolute atomic E-state index is 0.0619. The summed E-state index contributed by atoms with van der Waals surface area (Å²) in [6, 6.07) is 0. The number of carbonyl (C=O) groups excluding carboxylic acids is 3. The first-order valence-corrected chi connectivity index (χ1v) is 35.2. The number of carbonyl (C=O) groups is 3. The normalized spacial score (nSPS) is 12.8. The minimum Gasteiger partial charge on any atom is -0.462 e. The van der Waals surface area contributed by atoms with Gasteiger partial charge in [0, 0.05) is 19.3 Å². The molecule has 0 spiro atoms. The van der Waals surface area contributed by atoms with E-state index in [1.807, 2.05) is 0 Å². The zero-order valence-corrected chi connectivity index (χ0v) is 53.3. The number of hydrogen-bond acceptors (Lipinski definition) is 6. The second-order valence-electron chi connectivity index (χ2n) is 25.5. The average Bonchev–Trinajstić information content (AvgIpc) is 3.42. The van der Waals surface area contributed by atoms with E-state index in [9.17, 15) is 14.4 Å². The summed E-state index contributed by atoms with van der Waals surface area (Å²) in [6.07, 6.45) is 69.6. The van der Waals surface area contributed by atoms with Gasteiger partial charge in [0.25, 0.3) is 0 Å². The van der Waals surface area contributed by atoms with Gasteiger partial charge in [-0.15, -0.1) is 0 Å². The summed E-state index contributed by atoms with van der Waals surface area (Å²) in [7, 11) is 0. The van der Waals surface area contributed by atoms with Gasteiger partial charge in [0.1, 0.15) is 13.2 Å². The molecule has 3 atom stereocenters. The van der Waals surface area contributed by atoms with Gasteiger partial charge in [0.2, 0.25) is 0 Å². The van der Waals surface area contributed by atoms with E-state index < -0.39 is 6.10 Å². The van der Waals surface area contributed by atoms with Gasteiger partial charge in [-0.1, -0.05) is 363 Å². The third kappa shape index (κ3) is 61.9. The van der Waals surface area contributed by atoms with E-state index >= 15 is 0 Å². The Morgan fingerprint density at radius 3 is 0.675 bits per heavy atom. The maximum absolute atomic E-state index is 13.0. The lowest BCUT2D eigenvalue weighted by atomic mass is 9.99. The standard InChI is InChI=1S/C71H138O6/c1-7-66(5)58-52-46-40-34-28-22-16-11-9-10-12-18-26-32-38-44-50-56-62-71(74)77-68(64-76-70(73)61-55-49-43-37-31-25-20-19-23-29-35-41-47-53-59-67(6)8-2)63-75-69(72)60-54-48-42-36-30-24-17-14-13-15-21-27-33-39-45-51-57-65(3)4/h65-68H,7-64H2,1-6H3/t66?,67?,68-/m1/s1. The van der Waals surface area contributed by atoms with Crippen molar-refractivity contribution >= 4 is 17.9 Å². The first kappa shape index (κ1) is 75.4. The summed E-state index contributed by atoms with van der Waals surface area (Å²) in [4.78, 5) is 38.5. The fourth-order valence-corrected chi connectivity index (χ4v) is 11.1. The predicted molar refractivity (Wildman–Crippen MR) is 335 cm³/mol. The Bertz CT molecular complexity index is 1200. The Labute approximate surface area is 482 Å². The van der Waals surface area contributed by atoms with Gasteiger partial charge < -0.3 is 14.2 Å². The molecule has 0 saturated carbocycles. The Kier molecular flexibility index (Phi) is 60.7.